The third-order valence-electron chi connectivity index (χ3n) is 2.56. The first kappa shape index (κ1) is 12.8. The number of pyridine rings is 1. The molecule has 98 valence electrons. The zero-order chi connectivity index (χ0) is 13.2. The molecular weight excluding hydrogens is 230 g/mol. The highest BCUT2D eigenvalue weighted by Gasteiger charge is 2.16. The molecule has 5 heteroatoms. The summed E-state index contributed by atoms with van der Waals surface area (Å²) in [6.07, 6.45) is 1.39. The van der Waals surface area contributed by atoms with E-state index in [2.05, 4.69) is 21.7 Å². The standard InChI is InChI=1S/C13H19N3O2/c1-13(2,3)18-12(17)16-6-9-4-10-7-14-8-11(10)15-5-9/h4-5,14H,6-8H2,1-3H3,(H,16,17). The molecule has 18 heavy (non-hydrogen) atoms. The molecule has 0 aromatic carbocycles. The van der Waals surface area contributed by atoms with Gasteiger partial charge in [0.05, 0.1) is 5.69 Å². The van der Waals surface area contributed by atoms with Crippen LogP contribution in [-0.2, 0) is 24.4 Å². The molecule has 0 atom stereocenters. The van der Waals surface area contributed by atoms with Crippen LogP contribution in [0.4, 0.5) is 4.79 Å². The topological polar surface area (TPSA) is 63.2 Å². The van der Waals surface area contributed by atoms with Gasteiger partial charge >= 0.3 is 6.09 Å². The normalized spacial score (nSPS) is 14.2. The van der Waals surface area contributed by atoms with Crippen molar-refractivity contribution in [1.82, 2.24) is 15.6 Å². The first-order valence-corrected chi connectivity index (χ1v) is 6.08. The van der Waals surface area contributed by atoms with E-state index in [4.69, 9.17) is 4.74 Å². The van der Waals surface area contributed by atoms with Gasteiger partial charge in [0.1, 0.15) is 5.60 Å². The van der Waals surface area contributed by atoms with Crippen LogP contribution in [-0.4, -0.2) is 16.7 Å². The molecule has 2 N–H and O–H groups in total. The second-order valence-electron chi connectivity index (χ2n) is 5.41. The molecule has 5 nitrogen and oxygen atoms in total. The van der Waals surface area contributed by atoms with Gasteiger partial charge in [0.15, 0.2) is 0 Å². The predicted molar refractivity (Wildman–Crippen MR) is 67.9 cm³/mol. The Labute approximate surface area is 107 Å². The molecule has 2 heterocycles. The second-order valence-corrected chi connectivity index (χ2v) is 5.41. The van der Waals surface area contributed by atoms with Crippen LogP contribution in [0.5, 0.6) is 0 Å². The monoisotopic (exact) mass is 249 g/mol. The second kappa shape index (κ2) is 4.94. The molecule has 0 saturated carbocycles. The van der Waals surface area contributed by atoms with Crippen molar-refractivity contribution < 1.29 is 9.53 Å². The summed E-state index contributed by atoms with van der Waals surface area (Å²) in [6.45, 7) is 7.65. The Hall–Kier alpha value is -1.62. The van der Waals surface area contributed by atoms with Crippen molar-refractivity contribution in [2.45, 2.75) is 46.0 Å². The van der Waals surface area contributed by atoms with Crippen LogP contribution >= 0.6 is 0 Å². The summed E-state index contributed by atoms with van der Waals surface area (Å²) in [4.78, 5) is 15.9. The first-order chi connectivity index (χ1) is 8.44. The smallest absolute Gasteiger partial charge is 0.407 e. The van der Waals surface area contributed by atoms with Crippen LogP contribution in [0, 0.1) is 0 Å². The molecule has 0 aliphatic carbocycles. The summed E-state index contributed by atoms with van der Waals surface area (Å²) < 4.78 is 5.17. The molecule has 1 aliphatic heterocycles. The summed E-state index contributed by atoms with van der Waals surface area (Å²) in [7, 11) is 0. The lowest BCUT2D eigenvalue weighted by molar-refractivity contribution is 0.0523. The van der Waals surface area contributed by atoms with Crippen LogP contribution in [0.25, 0.3) is 0 Å². The fraction of sp³-hybridized carbons (Fsp3) is 0.538. The number of carbonyl (C=O) groups is 1. The molecule has 0 unspecified atom stereocenters. The Morgan fingerprint density at radius 3 is 3.00 bits per heavy atom. The Bertz CT molecular complexity index is 452. The number of rotatable bonds is 2. The quantitative estimate of drug-likeness (QED) is 0.837. The lowest BCUT2D eigenvalue weighted by Gasteiger charge is -2.19. The van der Waals surface area contributed by atoms with Crippen molar-refractivity contribution in [3.8, 4) is 0 Å². The van der Waals surface area contributed by atoms with Crippen molar-refractivity contribution in [2.75, 3.05) is 0 Å². The zero-order valence-corrected chi connectivity index (χ0v) is 11.0. The predicted octanol–water partition coefficient (Wildman–Crippen LogP) is 1.71. The number of amides is 1. The van der Waals surface area contributed by atoms with E-state index >= 15 is 0 Å². The average Bonchev–Trinajstić information content (AvgIpc) is 2.71. The third-order valence-corrected chi connectivity index (χ3v) is 2.56. The lowest BCUT2D eigenvalue weighted by Crippen LogP contribution is -2.32. The number of nitrogens with zero attached hydrogens (tertiary/aromatic N) is 1. The molecule has 0 fully saturated rings. The molecule has 0 bridgehead atoms. The summed E-state index contributed by atoms with van der Waals surface area (Å²) in [5.41, 5.74) is 2.82. The van der Waals surface area contributed by atoms with Crippen molar-refractivity contribution in [3.63, 3.8) is 0 Å². The van der Waals surface area contributed by atoms with E-state index in [1.54, 1.807) is 6.20 Å². The highest BCUT2D eigenvalue weighted by molar-refractivity contribution is 5.67. The highest BCUT2D eigenvalue weighted by atomic mass is 16.6. The van der Waals surface area contributed by atoms with E-state index in [-0.39, 0.29) is 0 Å². The number of ether oxygens (including phenoxy) is 1. The van der Waals surface area contributed by atoms with E-state index in [0.717, 1.165) is 24.3 Å². The maximum absolute atomic E-state index is 11.5. The molecule has 0 radical (unpaired) electrons. The summed E-state index contributed by atoms with van der Waals surface area (Å²) in [5.74, 6) is 0. The van der Waals surface area contributed by atoms with Crippen LogP contribution in [0.3, 0.4) is 0 Å². The molecule has 2 rings (SSSR count). The van der Waals surface area contributed by atoms with Gasteiger partial charge in [-0.3, -0.25) is 4.98 Å². The van der Waals surface area contributed by atoms with Gasteiger partial charge in [-0.2, -0.15) is 0 Å². The maximum Gasteiger partial charge on any atom is 0.407 e. The van der Waals surface area contributed by atoms with Crippen LogP contribution < -0.4 is 10.6 Å². The van der Waals surface area contributed by atoms with Crippen molar-refractivity contribution >= 4 is 6.09 Å². The van der Waals surface area contributed by atoms with Gasteiger partial charge in [-0.15, -0.1) is 0 Å². The maximum atomic E-state index is 11.5. The van der Waals surface area contributed by atoms with Gasteiger partial charge in [0.2, 0.25) is 0 Å². The van der Waals surface area contributed by atoms with Crippen LogP contribution in [0.15, 0.2) is 12.3 Å². The van der Waals surface area contributed by atoms with Crippen LogP contribution in [0.1, 0.15) is 37.6 Å². The number of alkyl carbamates (subject to hydrolysis) is 1. The number of hydrogen-bond donors (Lipinski definition) is 2. The molecule has 0 spiro atoms. The molecule has 1 amide bonds. The van der Waals surface area contributed by atoms with Crippen LogP contribution in [0.2, 0.25) is 0 Å². The van der Waals surface area contributed by atoms with Gasteiger partial charge in [0, 0.05) is 25.8 Å². The summed E-state index contributed by atoms with van der Waals surface area (Å²) in [6, 6.07) is 2.07. The van der Waals surface area contributed by atoms with E-state index in [1.807, 2.05) is 20.8 Å². The van der Waals surface area contributed by atoms with Gasteiger partial charge < -0.3 is 15.4 Å². The van der Waals surface area contributed by atoms with Crippen molar-refractivity contribution in [1.29, 1.82) is 0 Å². The molecule has 0 saturated heterocycles. The van der Waals surface area contributed by atoms with Gasteiger partial charge in [0.25, 0.3) is 0 Å². The minimum atomic E-state index is -0.468. The number of fused-ring (bicyclic) bond motifs is 1. The molecule has 1 aromatic rings. The van der Waals surface area contributed by atoms with Gasteiger partial charge in [-0.1, -0.05) is 0 Å². The fourth-order valence-corrected chi connectivity index (χ4v) is 1.80. The average molecular weight is 249 g/mol. The lowest BCUT2D eigenvalue weighted by atomic mass is 10.1. The Morgan fingerprint density at radius 1 is 1.50 bits per heavy atom. The highest BCUT2D eigenvalue weighted by Crippen LogP contribution is 2.14. The van der Waals surface area contributed by atoms with Gasteiger partial charge in [-0.25, -0.2) is 4.79 Å². The number of hydrogen-bond acceptors (Lipinski definition) is 4. The largest absolute Gasteiger partial charge is 0.444 e. The first-order valence-electron chi connectivity index (χ1n) is 6.08. The van der Waals surface area contributed by atoms with E-state index < -0.39 is 11.7 Å². The van der Waals surface area contributed by atoms with E-state index in [9.17, 15) is 4.79 Å². The summed E-state index contributed by atoms with van der Waals surface area (Å²) >= 11 is 0. The Morgan fingerprint density at radius 2 is 2.28 bits per heavy atom. The third kappa shape index (κ3) is 3.43. The van der Waals surface area contributed by atoms with Gasteiger partial charge in [-0.05, 0) is 38.0 Å². The minimum absolute atomic E-state index is 0.402. The summed E-state index contributed by atoms with van der Waals surface area (Å²) in [5, 5.41) is 5.96. The number of carbonyl (C=O) groups excluding carboxylic acids is 1. The molecular formula is C13H19N3O2. The number of nitrogens with one attached hydrogen (secondary N) is 2. The zero-order valence-electron chi connectivity index (χ0n) is 11.0. The van der Waals surface area contributed by atoms with E-state index in [0.29, 0.717) is 6.54 Å². The number of aromatic nitrogens is 1. The van der Waals surface area contributed by atoms with Crippen molar-refractivity contribution in [2.24, 2.45) is 0 Å². The fourth-order valence-electron chi connectivity index (χ4n) is 1.80. The SMILES string of the molecule is CC(C)(C)OC(=O)NCc1cnc2c(c1)CNC2. The Balaban J connectivity index is 1.89. The Kier molecular flexibility index (Phi) is 3.52. The molecule has 1 aliphatic rings. The minimum Gasteiger partial charge on any atom is -0.444 e. The van der Waals surface area contributed by atoms with E-state index in [1.165, 1.54) is 5.56 Å². The van der Waals surface area contributed by atoms with Crippen molar-refractivity contribution in [3.05, 3.63) is 29.1 Å². The molecule has 1 aromatic heterocycles.